The minimum absolute atomic E-state index is 0.682. The lowest BCUT2D eigenvalue weighted by molar-refractivity contribution is 0.184. The van der Waals surface area contributed by atoms with Gasteiger partial charge in [-0.3, -0.25) is 0 Å². The zero-order chi connectivity index (χ0) is 11.1. The summed E-state index contributed by atoms with van der Waals surface area (Å²) in [6.07, 6.45) is 7.80. The van der Waals surface area contributed by atoms with Crippen LogP contribution in [0, 0.1) is 11.3 Å². The van der Waals surface area contributed by atoms with Gasteiger partial charge in [-0.15, -0.1) is 0 Å². The first-order chi connectivity index (χ1) is 7.31. The molecule has 1 aliphatic rings. The monoisotopic (exact) mass is 206 g/mol. The van der Waals surface area contributed by atoms with Crippen molar-refractivity contribution in [1.82, 2.24) is 4.90 Å². The molecule has 1 rings (SSSR count). The van der Waals surface area contributed by atoms with E-state index in [4.69, 9.17) is 5.26 Å². The van der Waals surface area contributed by atoms with Gasteiger partial charge in [0.15, 0.2) is 0 Å². The van der Waals surface area contributed by atoms with E-state index in [9.17, 15) is 0 Å². The highest BCUT2D eigenvalue weighted by Gasteiger charge is 2.19. The van der Waals surface area contributed by atoms with Crippen LogP contribution in [0.4, 0.5) is 0 Å². The fourth-order valence-electron chi connectivity index (χ4n) is 2.30. The van der Waals surface area contributed by atoms with Crippen LogP contribution in [0.5, 0.6) is 0 Å². The molecule has 15 heavy (non-hydrogen) atoms. The van der Waals surface area contributed by atoms with Crippen molar-refractivity contribution in [2.24, 2.45) is 0 Å². The SMILES string of the molecule is CCCN(CCC)C1CC=C(C#N)CC1. The van der Waals surface area contributed by atoms with Crippen LogP contribution < -0.4 is 0 Å². The molecule has 1 aliphatic carbocycles. The Bertz CT molecular complexity index is 244. The maximum absolute atomic E-state index is 8.79. The Morgan fingerprint density at radius 1 is 1.40 bits per heavy atom. The molecule has 0 aromatic heterocycles. The Morgan fingerprint density at radius 3 is 2.47 bits per heavy atom. The number of hydrogen-bond acceptors (Lipinski definition) is 2. The van der Waals surface area contributed by atoms with Crippen LogP contribution in [0.25, 0.3) is 0 Å². The zero-order valence-electron chi connectivity index (χ0n) is 10.00. The topological polar surface area (TPSA) is 27.0 Å². The van der Waals surface area contributed by atoms with Crippen molar-refractivity contribution in [3.05, 3.63) is 11.6 Å². The minimum atomic E-state index is 0.682. The van der Waals surface area contributed by atoms with Gasteiger partial charge in [-0.2, -0.15) is 5.26 Å². The first-order valence-corrected chi connectivity index (χ1v) is 6.15. The molecule has 0 spiro atoms. The molecule has 0 amide bonds. The fourth-order valence-corrected chi connectivity index (χ4v) is 2.30. The molecule has 1 atom stereocenters. The molecule has 0 aliphatic heterocycles. The first-order valence-electron chi connectivity index (χ1n) is 6.15. The van der Waals surface area contributed by atoms with Crippen molar-refractivity contribution in [3.63, 3.8) is 0 Å². The van der Waals surface area contributed by atoms with E-state index in [0.717, 1.165) is 18.4 Å². The van der Waals surface area contributed by atoms with Crippen molar-refractivity contribution >= 4 is 0 Å². The predicted octanol–water partition coefficient (Wildman–Crippen LogP) is 3.11. The van der Waals surface area contributed by atoms with Crippen molar-refractivity contribution in [1.29, 1.82) is 5.26 Å². The molecule has 0 bridgehead atoms. The number of nitrogens with zero attached hydrogens (tertiary/aromatic N) is 2. The summed E-state index contributed by atoms with van der Waals surface area (Å²) in [5, 5.41) is 8.79. The summed E-state index contributed by atoms with van der Waals surface area (Å²) >= 11 is 0. The number of rotatable bonds is 5. The van der Waals surface area contributed by atoms with E-state index in [-0.39, 0.29) is 0 Å². The molecular weight excluding hydrogens is 184 g/mol. The summed E-state index contributed by atoms with van der Waals surface area (Å²) in [6, 6.07) is 2.95. The van der Waals surface area contributed by atoms with Crippen molar-refractivity contribution in [2.75, 3.05) is 13.1 Å². The lowest BCUT2D eigenvalue weighted by Gasteiger charge is -2.32. The summed E-state index contributed by atoms with van der Waals surface area (Å²) < 4.78 is 0. The quantitative estimate of drug-likeness (QED) is 0.691. The summed E-state index contributed by atoms with van der Waals surface area (Å²) in [6.45, 7) is 6.88. The number of hydrogen-bond donors (Lipinski definition) is 0. The second kappa shape index (κ2) is 6.63. The summed E-state index contributed by atoms with van der Waals surface area (Å²) in [7, 11) is 0. The van der Waals surface area contributed by atoms with Gasteiger partial charge in [0, 0.05) is 11.6 Å². The second-order valence-corrected chi connectivity index (χ2v) is 4.31. The second-order valence-electron chi connectivity index (χ2n) is 4.31. The Balaban J connectivity index is 2.49. The third-order valence-corrected chi connectivity index (χ3v) is 3.06. The van der Waals surface area contributed by atoms with E-state index in [0.29, 0.717) is 6.04 Å². The minimum Gasteiger partial charge on any atom is -0.300 e. The van der Waals surface area contributed by atoms with Gasteiger partial charge in [0.1, 0.15) is 0 Å². The molecule has 2 heteroatoms. The van der Waals surface area contributed by atoms with Gasteiger partial charge in [-0.1, -0.05) is 19.9 Å². The van der Waals surface area contributed by atoms with Crippen LogP contribution in [0.1, 0.15) is 46.0 Å². The van der Waals surface area contributed by atoms with E-state index in [1.807, 2.05) is 0 Å². The molecule has 0 aromatic rings. The van der Waals surface area contributed by atoms with Gasteiger partial charge < -0.3 is 4.90 Å². The van der Waals surface area contributed by atoms with Crippen LogP contribution in [-0.2, 0) is 0 Å². The summed E-state index contributed by atoms with van der Waals surface area (Å²) in [5.74, 6) is 0. The molecule has 0 saturated carbocycles. The Hall–Kier alpha value is -0.810. The molecule has 0 saturated heterocycles. The molecule has 2 nitrogen and oxygen atoms in total. The fraction of sp³-hybridized carbons (Fsp3) is 0.769. The number of nitriles is 1. The van der Waals surface area contributed by atoms with Crippen LogP contribution in [0.15, 0.2) is 11.6 Å². The zero-order valence-corrected chi connectivity index (χ0v) is 10.00. The molecule has 0 aromatic carbocycles. The maximum atomic E-state index is 8.79. The van der Waals surface area contributed by atoms with E-state index in [2.05, 4.69) is 30.9 Å². The standard InChI is InChI=1S/C13H22N2/c1-3-9-15(10-4-2)13-7-5-12(11-14)6-8-13/h5,13H,3-4,6-10H2,1-2H3. The molecule has 0 heterocycles. The smallest absolute Gasteiger partial charge is 0.0943 e. The Morgan fingerprint density at radius 2 is 2.07 bits per heavy atom. The highest BCUT2D eigenvalue weighted by molar-refractivity contribution is 5.23. The molecule has 0 radical (unpaired) electrons. The van der Waals surface area contributed by atoms with Crippen LogP contribution in [-0.4, -0.2) is 24.0 Å². The first kappa shape index (κ1) is 12.3. The lowest BCUT2D eigenvalue weighted by Crippen LogP contribution is -2.37. The Labute approximate surface area is 93.6 Å². The van der Waals surface area contributed by atoms with Crippen molar-refractivity contribution in [2.45, 2.75) is 52.0 Å². The lowest BCUT2D eigenvalue weighted by atomic mass is 9.94. The summed E-state index contributed by atoms with van der Waals surface area (Å²) in [4.78, 5) is 2.59. The largest absolute Gasteiger partial charge is 0.300 e. The molecule has 1 unspecified atom stereocenters. The van der Waals surface area contributed by atoms with E-state index in [1.165, 1.54) is 32.4 Å². The van der Waals surface area contributed by atoms with Gasteiger partial charge in [-0.05, 0) is 45.2 Å². The highest BCUT2D eigenvalue weighted by atomic mass is 15.1. The average Bonchev–Trinajstić information content (AvgIpc) is 2.29. The van der Waals surface area contributed by atoms with Crippen LogP contribution >= 0.6 is 0 Å². The predicted molar refractivity (Wildman–Crippen MR) is 63.5 cm³/mol. The average molecular weight is 206 g/mol. The molecule has 0 fully saturated rings. The van der Waals surface area contributed by atoms with E-state index >= 15 is 0 Å². The van der Waals surface area contributed by atoms with E-state index < -0.39 is 0 Å². The van der Waals surface area contributed by atoms with Gasteiger partial charge in [0.25, 0.3) is 0 Å². The summed E-state index contributed by atoms with van der Waals surface area (Å²) in [5.41, 5.74) is 0.985. The van der Waals surface area contributed by atoms with Crippen molar-refractivity contribution < 1.29 is 0 Å². The number of allylic oxidation sites excluding steroid dienone is 1. The Kier molecular flexibility index (Phi) is 5.42. The third-order valence-electron chi connectivity index (χ3n) is 3.06. The maximum Gasteiger partial charge on any atom is 0.0943 e. The van der Waals surface area contributed by atoms with Gasteiger partial charge >= 0.3 is 0 Å². The van der Waals surface area contributed by atoms with Crippen molar-refractivity contribution in [3.8, 4) is 6.07 Å². The van der Waals surface area contributed by atoms with Crippen LogP contribution in [0.2, 0.25) is 0 Å². The highest BCUT2D eigenvalue weighted by Crippen LogP contribution is 2.22. The molecule has 0 N–H and O–H groups in total. The molecule has 84 valence electrons. The third kappa shape index (κ3) is 3.68. The van der Waals surface area contributed by atoms with Gasteiger partial charge in [-0.25, -0.2) is 0 Å². The van der Waals surface area contributed by atoms with Gasteiger partial charge in [0.05, 0.1) is 6.07 Å². The van der Waals surface area contributed by atoms with Crippen LogP contribution in [0.3, 0.4) is 0 Å². The molecular formula is C13H22N2. The van der Waals surface area contributed by atoms with Gasteiger partial charge in [0.2, 0.25) is 0 Å². The normalized spacial score (nSPS) is 21.2. The van der Waals surface area contributed by atoms with E-state index in [1.54, 1.807) is 0 Å².